The van der Waals surface area contributed by atoms with Crippen LogP contribution in [0.4, 0.5) is 10.1 Å². The highest BCUT2D eigenvalue weighted by molar-refractivity contribution is 7.19. The molecule has 3 nitrogen and oxygen atoms in total. The smallest absolute Gasteiger partial charge is 0.331 e. The van der Waals surface area contributed by atoms with Gasteiger partial charge in [-0.3, -0.25) is 5.73 Å². The SMILES string of the molecule is Cc1ccc(-c2[nH+]c(N)sc2N)cc1. The van der Waals surface area contributed by atoms with Gasteiger partial charge in [-0.25, -0.2) is 4.98 Å². The van der Waals surface area contributed by atoms with Gasteiger partial charge in [-0.2, -0.15) is 0 Å². The van der Waals surface area contributed by atoms with E-state index in [0.717, 1.165) is 16.3 Å². The molecule has 0 saturated heterocycles. The maximum Gasteiger partial charge on any atom is 0.331 e. The van der Waals surface area contributed by atoms with E-state index in [-0.39, 0.29) is 0 Å². The summed E-state index contributed by atoms with van der Waals surface area (Å²) in [7, 11) is 0. The van der Waals surface area contributed by atoms with Crippen molar-refractivity contribution in [2.45, 2.75) is 6.92 Å². The fourth-order valence-corrected chi connectivity index (χ4v) is 1.98. The average molecular weight is 206 g/mol. The predicted molar refractivity (Wildman–Crippen MR) is 59.9 cm³/mol. The zero-order chi connectivity index (χ0) is 10.1. The van der Waals surface area contributed by atoms with Gasteiger partial charge in [-0.05, 0) is 18.3 Å². The fourth-order valence-electron chi connectivity index (χ4n) is 1.31. The molecule has 2 aromatic rings. The topological polar surface area (TPSA) is 66.2 Å². The number of thiazole rings is 1. The molecule has 0 radical (unpaired) electrons. The van der Waals surface area contributed by atoms with Crippen LogP contribution in [0.15, 0.2) is 24.3 Å². The minimum absolute atomic E-state index is 0.637. The molecule has 0 unspecified atom stereocenters. The maximum absolute atomic E-state index is 5.82. The lowest BCUT2D eigenvalue weighted by molar-refractivity contribution is -0.340. The number of H-pyrrole nitrogens is 1. The van der Waals surface area contributed by atoms with Gasteiger partial charge in [0.25, 0.3) is 0 Å². The summed E-state index contributed by atoms with van der Waals surface area (Å²) in [4.78, 5) is 3.05. The van der Waals surface area contributed by atoms with E-state index >= 15 is 0 Å². The molecule has 4 heteroatoms. The molecular formula is C10H12N3S+. The Morgan fingerprint density at radius 3 is 2.29 bits per heavy atom. The summed E-state index contributed by atoms with van der Waals surface area (Å²) in [5.74, 6) is 0. The summed E-state index contributed by atoms with van der Waals surface area (Å²) in [5, 5.41) is 1.37. The Kier molecular flexibility index (Phi) is 2.13. The van der Waals surface area contributed by atoms with Gasteiger partial charge in [0.15, 0.2) is 5.69 Å². The molecule has 0 aliphatic carbocycles. The summed E-state index contributed by atoms with van der Waals surface area (Å²) >= 11 is 1.37. The Labute approximate surface area is 86.4 Å². The van der Waals surface area contributed by atoms with Crippen LogP contribution in [-0.4, -0.2) is 0 Å². The van der Waals surface area contributed by atoms with Crippen LogP contribution in [0.1, 0.15) is 5.56 Å². The van der Waals surface area contributed by atoms with E-state index in [9.17, 15) is 0 Å². The molecule has 0 amide bonds. The second kappa shape index (κ2) is 3.31. The van der Waals surface area contributed by atoms with Crippen molar-refractivity contribution in [1.29, 1.82) is 0 Å². The molecule has 0 aliphatic rings. The van der Waals surface area contributed by atoms with Crippen molar-refractivity contribution >= 4 is 21.5 Å². The van der Waals surface area contributed by atoms with Crippen LogP contribution in [0.5, 0.6) is 0 Å². The van der Waals surface area contributed by atoms with Gasteiger partial charge in [0.2, 0.25) is 0 Å². The van der Waals surface area contributed by atoms with E-state index in [2.05, 4.69) is 24.0 Å². The second-order valence-electron chi connectivity index (χ2n) is 3.20. The number of anilines is 2. The number of nitrogens with one attached hydrogen (secondary N) is 1. The zero-order valence-electron chi connectivity index (χ0n) is 7.87. The van der Waals surface area contributed by atoms with Gasteiger partial charge in [0, 0.05) is 5.56 Å². The van der Waals surface area contributed by atoms with Crippen molar-refractivity contribution in [3.8, 4) is 11.3 Å². The number of aromatic nitrogens is 1. The van der Waals surface area contributed by atoms with Crippen LogP contribution in [-0.2, 0) is 0 Å². The van der Waals surface area contributed by atoms with Crippen molar-refractivity contribution < 1.29 is 4.98 Å². The van der Waals surface area contributed by atoms with Crippen LogP contribution in [0.2, 0.25) is 0 Å². The van der Waals surface area contributed by atoms with Crippen molar-refractivity contribution in [1.82, 2.24) is 0 Å². The third kappa shape index (κ3) is 1.56. The molecule has 0 fully saturated rings. The molecule has 0 bridgehead atoms. The summed E-state index contributed by atoms with van der Waals surface area (Å²) in [5.41, 5.74) is 14.7. The number of rotatable bonds is 1. The highest BCUT2D eigenvalue weighted by Gasteiger charge is 2.12. The molecule has 5 N–H and O–H groups in total. The van der Waals surface area contributed by atoms with Gasteiger partial charge < -0.3 is 5.73 Å². The number of hydrogen-bond donors (Lipinski definition) is 2. The third-order valence-electron chi connectivity index (χ3n) is 2.05. The molecule has 0 saturated carbocycles. The Bertz CT molecular complexity index is 445. The molecule has 2 rings (SSSR count). The molecule has 1 heterocycles. The zero-order valence-corrected chi connectivity index (χ0v) is 8.69. The molecule has 1 aromatic carbocycles. The van der Waals surface area contributed by atoms with Gasteiger partial charge in [-0.15, -0.1) is 0 Å². The highest BCUT2D eigenvalue weighted by Crippen LogP contribution is 2.27. The van der Waals surface area contributed by atoms with Crippen LogP contribution >= 0.6 is 11.3 Å². The quantitative estimate of drug-likeness (QED) is 0.745. The van der Waals surface area contributed by atoms with E-state index in [4.69, 9.17) is 11.5 Å². The van der Waals surface area contributed by atoms with Crippen molar-refractivity contribution in [2.24, 2.45) is 0 Å². The van der Waals surface area contributed by atoms with Crippen LogP contribution < -0.4 is 16.5 Å². The summed E-state index contributed by atoms with van der Waals surface area (Å²) in [6.45, 7) is 2.05. The molecule has 1 aromatic heterocycles. The first-order chi connectivity index (χ1) is 6.66. The van der Waals surface area contributed by atoms with Gasteiger partial charge in [-0.1, -0.05) is 29.8 Å². The maximum atomic E-state index is 5.82. The standard InChI is InChI=1S/C10H11N3S/c1-6-2-4-7(5-3-6)8-9(11)14-10(12)13-8/h2-5H,11H2,1H3,(H2,12,13)/p+1. The number of benzene rings is 1. The van der Waals surface area contributed by atoms with Crippen LogP contribution in [0.25, 0.3) is 11.3 Å². The first-order valence-corrected chi connectivity index (χ1v) is 5.12. The van der Waals surface area contributed by atoms with Crippen LogP contribution in [0, 0.1) is 6.92 Å². The van der Waals surface area contributed by atoms with Crippen LogP contribution in [0.3, 0.4) is 0 Å². The molecule has 72 valence electrons. The molecule has 0 spiro atoms. The van der Waals surface area contributed by atoms with Crippen molar-refractivity contribution in [3.05, 3.63) is 29.8 Å². The molecule has 0 aliphatic heterocycles. The number of aromatic amines is 1. The van der Waals surface area contributed by atoms with E-state index < -0.39 is 0 Å². The minimum Gasteiger partial charge on any atom is -0.387 e. The molecule has 0 atom stereocenters. The second-order valence-corrected chi connectivity index (χ2v) is 4.28. The number of aryl methyl sites for hydroxylation is 1. The molecular weight excluding hydrogens is 194 g/mol. The lowest BCUT2D eigenvalue weighted by Crippen LogP contribution is -2.07. The summed E-state index contributed by atoms with van der Waals surface area (Å²) in [6, 6.07) is 8.17. The van der Waals surface area contributed by atoms with Gasteiger partial charge in [0.1, 0.15) is 5.00 Å². The third-order valence-corrected chi connectivity index (χ3v) is 2.80. The Balaban J connectivity index is 2.49. The van der Waals surface area contributed by atoms with Gasteiger partial charge in [0.05, 0.1) is 0 Å². The van der Waals surface area contributed by atoms with Crippen molar-refractivity contribution in [2.75, 3.05) is 11.5 Å². The summed E-state index contributed by atoms with van der Waals surface area (Å²) < 4.78 is 0. The van der Waals surface area contributed by atoms with E-state index in [1.54, 1.807) is 0 Å². The number of hydrogen-bond acceptors (Lipinski definition) is 3. The average Bonchev–Trinajstić information content (AvgIpc) is 2.47. The van der Waals surface area contributed by atoms with E-state index in [0.29, 0.717) is 5.13 Å². The minimum atomic E-state index is 0.637. The summed E-state index contributed by atoms with van der Waals surface area (Å²) in [6.07, 6.45) is 0. The monoisotopic (exact) mass is 206 g/mol. The Hall–Kier alpha value is -1.55. The predicted octanol–water partition coefficient (Wildman–Crippen LogP) is 1.70. The lowest BCUT2D eigenvalue weighted by atomic mass is 10.1. The van der Waals surface area contributed by atoms with E-state index in [1.165, 1.54) is 16.9 Å². The molecule has 14 heavy (non-hydrogen) atoms. The van der Waals surface area contributed by atoms with Crippen molar-refractivity contribution in [3.63, 3.8) is 0 Å². The Morgan fingerprint density at radius 1 is 1.14 bits per heavy atom. The first kappa shape index (κ1) is 9.02. The lowest BCUT2D eigenvalue weighted by Gasteiger charge is -1.96. The highest BCUT2D eigenvalue weighted by atomic mass is 32.1. The largest absolute Gasteiger partial charge is 0.387 e. The van der Waals surface area contributed by atoms with Gasteiger partial charge >= 0.3 is 5.13 Å². The first-order valence-electron chi connectivity index (χ1n) is 4.31. The number of nitrogens with two attached hydrogens (primary N) is 2. The Morgan fingerprint density at radius 2 is 1.79 bits per heavy atom. The van der Waals surface area contributed by atoms with E-state index in [1.807, 2.05) is 12.1 Å². The fraction of sp³-hybridized carbons (Fsp3) is 0.100. The normalized spacial score (nSPS) is 10.4. The number of nitrogen functional groups attached to an aromatic ring is 2.